The van der Waals surface area contributed by atoms with Crippen LogP contribution in [0.4, 0.5) is 0 Å². The van der Waals surface area contributed by atoms with Gasteiger partial charge in [0.1, 0.15) is 18.1 Å². The number of esters is 1. The quantitative estimate of drug-likeness (QED) is 0.104. The monoisotopic (exact) mass is 695 g/mol. The molecule has 0 bridgehead atoms. The number of carbonyl (C=O) groups excluding carboxylic acids is 2. The lowest BCUT2D eigenvalue weighted by molar-refractivity contribution is -0.139. The van der Waals surface area contributed by atoms with Gasteiger partial charge in [-0.3, -0.25) is 4.79 Å². The predicted molar refractivity (Wildman–Crippen MR) is 173 cm³/mol. The lowest BCUT2D eigenvalue weighted by Gasteiger charge is -2.30. The molecule has 1 amide bonds. The summed E-state index contributed by atoms with van der Waals surface area (Å²) in [5.74, 6) is -0.175. The Morgan fingerprint density at radius 1 is 1.18 bits per heavy atom. The van der Waals surface area contributed by atoms with Gasteiger partial charge in [-0.1, -0.05) is 41.9 Å². The fourth-order valence-electron chi connectivity index (χ4n) is 4.27. The number of nitrogens with one attached hydrogen (secondary N) is 3. The number of amides is 1. The number of thiocarbonyl (C=S) groups is 1. The molecule has 0 spiro atoms. The smallest absolute Gasteiger partial charge is 0.338 e. The summed E-state index contributed by atoms with van der Waals surface area (Å²) < 4.78 is 17.7. The molecule has 3 aromatic rings. The third-order valence-corrected chi connectivity index (χ3v) is 7.28. The van der Waals surface area contributed by atoms with E-state index in [9.17, 15) is 9.59 Å². The fraction of sp³-hybridized carbons (Fsp3) is 0.194. The van der Waals surface area contributed by atoms with Crippen LogP contribution in [0.5, 0.6) is 11.5 Å². The van der Waals surface area contributed by atoms with Gasteiger partial charge >= 0.3 is 5.97 Å². The Bertz CT molecular complexity index is 1670. The Labute approximate surface area is 273 Å². The molecule has 226 valence electrons. The maximum Gasteiger partial charge on any atom is 0.338 e. The number of benzene rings is 3. The molecule has 0 aliphatic carbocycles. The average molecular weight is 697 g/mol. The molecule has 1 aliphatic heterocycles. The van der Waals surface area contributed by atoms with Gasteiger partial charge in [0.25, 0.3) is 5.91 Å². The largest absolute Gasteiger partial charge is 0.487 e. The van der Waals surface area contributed by atoms with Gasteiger partial charge in [-0.25, -0.2) is 10.2 Å². The molecule has 44 heavy (non-hydrogen) atoms. The van der Waals surface area contributed by atoms with Gasteiger partial charge in [0.05, 0.1) is 40.5 Å². The molecular formula is C31H27BrClN5O5S. The van der Waals surface area contributed by atoms with Crippen molar-refractivity contribution >= 4 is 63.0 Å². The molecule has 1 heterocycles. The first-order chi connectivity index (χ1) is 21.2. The van der Waals surface area contributed by atoms with Gasteiger partial charge in [0, 0.05) is 21.8 Å². The van der Waals surface area contributed by atoms with Gasteiger partial charge in [-0.05, 0) is 77.9 Å². The van der Waals surface area contributed by atoms with Crippen molar-refractivity contribution in [2.75, 3.05) is 13.2 Å². The minimum atomic E-state index is -0.649. The molecule has 0 unspecified atom stereocenters. The highest BCUT2D eigenvalue weighted by Gasteiger charge is 2.32. The normalized spacial score (nSPS) is 14.3. The molecule has 0 aromatic heterocycles. The lowest BCUT2D eigenvalue weighted by Crippen LogP contribution is -2.45. The highest BCUT2D eigenvalue weighted by Crippen LogP contribution is 2.34. The first-order valence-corrected chi connectivity index (χ1v) is 14.9. The van der Waals surface area contributed by atoms with Crippen LogP contribution in [-0.2, 0) is 20.9 Å². The minimum absolute atomic E-state index is 0.211. The molecule has 10 nitrogen and oxygen atoms in total. The highest BCUT2D eigenvalue weighted by atomic mass is 79.9. The zero-order chi connectivity index (χ0) is 31.6. The van der Waals surface area contributed by atoms with Crippen molar-refractivity contribution in [1.29, 1.82) is 5.26 Å². The van der Waals surface area contributed by atoms with Gasteiger partial charge in [-0.2, -0.15) is 10.4 Å². The van der Waals surface area contributed by atoms with Crippen LogP contribution in [0.15, 0.2) is 81.5 Å². The number of hydrazone groups is 1. The third-order valence-electron chi connectivity index (χ3n) is 6.25. The summed E-state index contributed by atoms with van der Waals surface area (Å²) in [6.45, 7) is 3.55. The Morgan fingerprint density at radius 3 is 2.66 bits per heavy atom. The average Bonchev–Trinajstić information content (AvgIpc) is 2.99. The van der Waals surface area contributed by atoms with Crippen LogP contribution < -0.4 is 25.5 Å². The number of halogens is 2. The molecule has 0 saturated carbocycles. The molecular weight excluding hydrogens is 670 g/mol. The predicted octanol–water partition coefficient (Wildman–Crippen LogP) is 5.44. The van der Waals surface area contributed by atoms with Crippen LogP contribution in [0.25, 0.3) is 0 Å². The number of allylic oxidation sites excluding steroid dienone is 1. The van der Waals surface area contributed by atoms with Crippen molar-refractivity contribution in [2.24, 2.45) is 5.10 Å². The van der Waals surface area contributed by atoms with E-state index in [1.165, 1.54) is 6.21 Å². The molecule has 1 aliphatic rings. The van der Waals surface area contributed by atoms with E-state index < -0.39 is 17.9 Å². The first-order valence-electron chi connectivity index (χ1n) is 13.3. The zero-order valence-corrected chi connectivity index (χ0v) is 26.8. The Morgan fingerprint density at radius 2 is 1.93 bits per heavy atom. The van der Waals surface area contributed by atoms with Gasteiger partial charge in [0.15, 0.2) is 11.7 Å². The number of ether oxygens (including phenoxy) is 3. The van der Waals surface area contributed by atoms with E-state index in [4.69, 9.17) is 43.3 Å². The molecule has 1 atom stereocenters. The second-order valence-electron chi connectivity index (χ2n) is 9.31. The van der Waals surface area contributed by atoms with Crippen LogP contribution in [0, 0.1) is 11.3 Å². The van der Waals surface area contributed by atoms with Crippen molar-refractivity contribution in [3.8, 4) is 17.6 Å². The lowest BCUT2D eigenvalue weighted by atomic mass is 9.95. The van der Waals surface area contributed by atoms with Crippen molar-refractivity contribution in [1.82, 2.24) is 16.1 Å². The number of hydrogen-bond donors (Lipinski definition) is 3. The molecule has 3 N–H and O–H groups in total. The summed E-state index contributed by atoms with van der Waals surface area (Å²) in [7, 11) is 0. The number of para-hydroxylation sites is 1. The molecule has 3 aromatic carbocycles. The molecule has 0 saturated heterocycles. The number of nitriles is 1. The zero-order valence-electron chi connectivity index (χ0n) is 23.6. The Kier molecular flexibility index (Phi) is 11.3. The standard InChI is InChI=1S/C31H27BrClN5O5S/c1-3-41-30(40)27-18(2)36-31(44)37-28(27)23-6-4-5-7-25(23)42-17-26(39)38-35-15-21-12-22(33)13-24(32)29(21)43-16-20-10-8-19(14-34)9-11-20/h4-13,15,28H,3,16-17H2,1-2H3,(H,38,39)(H2,36,37,44)/t28-/m1/s1. The van der Waals surface area contributed by atoms with Gasteiger partial charge in [0.2, 0.25) is 0 Å². The number of hydrogen-bond acceptors (Lipinski definition) is 8. The topological polar surface area (TPSA) is 134 Å². The van der Waals surface area contributed by atoms with E-state index in [1.807, 2.05) is 0 Å². The van der Waals surface area contributed by atoms with Crippen molar-refractivity contribution in [3.63, 3.8) is 0 Å². The summed E-state index contributed by atoms with van der Waals surface area (Å²) in [6.07, 6.45) is 1.41. The third kappa shape index (κ3) is 8.35. The Hall–Kier alpha value is -4.44. The van der Waals surface area contributed by atoms with E-state index in [1.54, 1.807) is 74.5 Å². The number of rotatable bonds is 11. The fourth-order valence-corrected chi connectivity index (χ4v) is 5.49. The van der Waals surface area contributed by atoms with Crippen LogP contribution >= 0.6 is 39.7 Å². The molecule has 0 radical (unpaired) electrons. The van der Waals surface area contributed by atoms with E-state index >= 15 is 0 Å². The second kappa shape index (κ2) is 15.3. The van der Waals surface area contributed by atoms with Crippen molar-refractivity contribution in [3.05, 3.63) is 104 Å². The second-order valence-corrected chi connectivity index (χ2v) is 11.0. The van der Waals surface area contributed by atoms with Crippen LogP contribution in [0.1, 0.15) is 42.1 Å². The van der Waals surface area contributed by atoms with E-state index in [0.29, 0.717) is 54.1 Å². The molecule has 13 heteroatoms. The summed E-state index contributed by atoms with van der Waals surface area (Å²) in [4.78, 5) is 25.4. The maximum absolute atomic E-state index is 12.8. The highest BCUT2D eigenvalue weighted by molar-refractivity contribution is 9.10. The summed E-state index contributed by atoms with van der Waals surface area (Å²) in [6, 6.07) is 18.8. The summed E-state index contributed by atoms with van der Waals surface area (Å²) in [5, 5.41) is 19.9. The SMILES string of the molecule is CCOC(=O)C1=C(C)NC(=S)N[C@@H]1c1ccccc1OCC(=O)NN=Cc1cc(Cl)cc(Br)c1OCc1ccc(C#N)cc1. The Balaban J connectivity index is 1.43. The summed E-state index contributed by atoms with van der Waals surface area (Å²) in [5.41, 5.74) is 5.90. The van der Waals surface area contributed by atoms with Crippen LogP contribution in [0.2, 0.25) is 5.02 Å². The van der Waals surface area contributed by atoms with Gasteiger partial charge in [-0.15, -0.1) is 0 Å². The van der Waals surface area contributed by atoms with Crippen molar-refractivity contribution < 1.29 is 23.8 Å². The van der Waals surface area contributed by atoms with E-state index in [0.717, 1.165) is 5.56 Å². The van der Waals surface area contributed by atoms with E-state index in [2.05, 4.69) is 43.2 Å². The summed E-state index contributed by atoms with van der Waals surface area (Å²) >= 11 is 15.0. The van der Waals surface area contributed by atoms with E-state index in [-0.39, 0.29) is 19.8 Å². The van der Waals surface area contributed by atoms with Crippen LogP contribution in [-0.4, -0.2) is 36.4 Å². The first kappa shape index (κ1) is 32.5. The van der Waals surface area contributed by atoms with Crippen LogP contribution in [0.3, 0.4) is 0 Å². The minimum Gasteiger partial charge on any atom is -0.487 e. The maximum atomic E-state index is 12.8. The van der Waals surface area contributed by atoms with Crippen molar-refractivity contribution in [2.45, 2.75) is 26.5 Å². The van der Waals surface area contributed by atoms with Gasteiger partial charge < -0.3 is 24.8 Å². The number of carbonyl (C=O) groups is 2. The molecule has 4 rings (SSSR count). The molecule has 0 fully saturated rings. The number of nitrogens with zero attached hydrogens (tertiary/aromatic N) is 2.